The molecule has 0 bridgehead atoms. The average Bonchev–Trinajstić information content (AvgIpc) is 2.59. The van der Waals surface area contributed by atoms with E-state index < -0.39 is 12.0 Å². The monoisotopic (exact) mass is 348 g/mol. The first kappa shape index (κ1) is 19.4. The molecule has 138 valence electrons. The number of aliphatic carboxylic acids is 1. The van der Waals surface area contributed by atoms with Crippen LogP contribution in [0.4, 0.5) is 5.69 Å². The van der Waals surface area contributed by atoms with Gasteiger partial charge in [-0.25, -0.2) is 0 Å². The zero-order valence-corrected chi connectivity index (χ0v) is 15.0. The summed E-state index contributed by atoms with van der Waals surface area (Å²) in [5.74, 6) is -1.30. The third kappa shape index (κ3) is 6.12. The summed E-state index contributed by atoms with van der Waals surface area (Å²) in [5.41, 5.74) is 2.81. The standard InChI is InChI=1S/C18H28N4O3/c1-13-4-3-5-15(14(13)2)21-17(23)12-16(18(24)25)20-8-11-22-9-6-19-7-10-22/h3-5,16,19-20H,6-12H2,1-2H3,(H,21,23)(H,24,25)/t16-/m1/s1. The van der Waals surface area contributed by atoms with Crippen LogP contribution in [0.5, 0.6) is 0 Å². The Morgan fingerprint density at radius 1 is 1.28 bits per heavy atom. The number of benzene rings is 1. The van der Waals surface area contributed by atoms with Gasteiger partial charge in [-0.05, 0) is 31.0 Å². The van der Waals surface area contributed by atoms with Crippen molar-refractivity contribution in [3.63, 3.8) is 0 Å². The first-order chi connectivity index (χ1) is 12.0. The molecular weight excluding hydrogens is 320 g/mol. The minimum atomic E-state index is -1.00. The van der Waals surface area contributed by atoms with Gasteiger partial charge < -0.3 is 21.1 Å². The van der Waals surface area contributed by atoms with Crippen LogP contribution in [-0.2, 0) is 9.59 Å². The number of nitrogens with zero attached hydrogens (tertiary/aromatic N) is 1. The summed E-state index contributed by atoms with van der Waals surface area (Å²) in [6, 6.07) is 4.79. The number of anilines is 1. The van der Waals surface area contributed by atoms with Gasteiger partial charge in [0.1, 0.15) is 6.04 Å². The number of nitrogens with one attached hydrogen (secondary N) is 3. The van der Waals surface area contributed by atoms with Gasteiger partial charge in [-0.1, -0.05) is 12.1 Å². The Bertz CT molecular complexity index is 600. The van der Waals surface area contributed by atoms with Crippen LogP contribution in [0.15, 0.2) is 18.2 Å². The summed E-state index contributed by atoms with van der Waals surface area (Å²) in [6.07, 6.45) is -0.0930. The third-order valence-electron chi connectivity index (χ3n) is 4.59. The van der Waals surface area contributed by atoms with Crippen LogP contribution in [0.3, 0.4) is 0 Å². The summed E-state index contributed by atoms with van der Waals surface area (Å²) < 4.78 is 0. The van der Waals surface area contributed by atoms with E-state index in [2.05, 4.69) is 20.9 Å². The summed E-state index contributed by atoms with van der Waals surface area (Å²) in [5, 5.41) is 18.4. The predicted molar refractivity (Wildman–Crippen MR) is 97.9 cm³/mol. The smallest absolute Gasteiger partial charge is 0.321 e. The second-order valence-electron chi connectivity index (χ2n) is 6.44. The molecule has 0 aromatic heterocycles. The predicted octanol–water partition coefficient (Wildman–Crippen LogP) is 0.580. The van der Waals surface area contributed by atoms with E-state index in [1.165, 1.54) is 0 Å². The summed E-state index contributed by atoms with van der Waals surface area (Å²) in [4.78, 5) is 25.9. The van der Waals surface area contributed by atoms with Gasteiger partial charge >= 0.3 is 5.97 Å². The highest BCUT2D eigenvalue weighted by atomic mass is 16.4. The Balaban J connectivity index is 1.82. The van der Waals surface area contributed by atoms with Gasteiger partial charge in [0.25, 0.3) is 0 Å². The van der Waals surface area contributed by atoms with Crippen molar-refractivity contribution in [3.05, 3.63) is 29.3 Å². The van der Waals surface area contributed by atoms with Crippen LogP contribution < -0.4 is 16.0 Å². The molecule has 7 nitrogen and oxygen atoms in total. The van der Waals surface area contributed by atoms with Crippen molar-refractivity contribution in [2.75, 3.05) is 44.6 Å². The van der Waals surface area contributed by atoms with Crippen molar-refractivity contribution in [2.45, 2.75) is 26.3 Å². The van der Waals surface area contributed by atoms with E-state index >= 15 is 0 Å². The number of hydrogen-bond donors (Lipinski definition) is 4. The number of amides is 1. The lowest BCUT2D eigenvalue weighted by atomic mass is 10.1. The van der Waals surface area contributed by atoms with E-state index in [0.29, 0.717) is 6.54 Å². The van der Waals surface area contributed by atoms with Crippen molar-refractivity contribution in [1.82, 2.24) is 15.5 Å². The Morgan fingerprint density at radius 2 is 2.00 bits per heavy atom. The molecule has 1 saturated heterocycles. The molecule has 1 aliphatic rings. The van der Waals surface area contributed by atoms with E-state index in [4.69, 9.17) is 0 Å². The highest BCUT2D eigenvalue weighted by Crippen LogP contribution is 2.18. The number of carbonyl (C=O) groups excluding carboxylic acids is 1. The summed E-state index contributed by atoms with van der Waals surface area (Å²) >= 11 is 0. The molecule has 1 aliphatic heterocycles. The van der Waals surface area contributed by atoms with E-state index in [-0.39, 0.29) is 12.3 Å². The number of piperazine rings is 1. The second-order valence-corrected chi connectivity index (χ2v) is 6.44. The molecule has 0 saturated carbocycles. The minimum Gasteiger partial charge on any atom is -0.480 e. The van der Waals surface area contributed by atoms with Crippen LogP contribution >= 0.6 is 0 Å². The Hall–Kier alpha value is -1.96. The molecule has 0 aliphatic carbocycles. The largest absolute Gasteiger partial charge is 0.480 e. The highest BCUT2D eigenvalue weighted by Gasteiger charge is 2.21. The first-order valence-corrected chi connectivity index (χ1v) is 8.72. The van der Waals surface area contributed by atoms with Crippen LogP contribution in [0.1, 0.15) is 17.5 Å². The molecule has 0 spiro atoms. The van der Waals surface area contributed by atoms with Gasteiger partial charge in [0.05, 0.1) is 6.42 Å². The van der Waals surface area contributed by atoms with E-state index in [1.54, 1.807) is 0 Å². The SMILES string of the molecule is Cc1cccc(NC(=O)C[C@@H](NCCN2CCNCC2)C(=O)O)c1C. The normalized spacial score (nSPS) is 16.4. The maximum absolute atomic E-state index is 12.2. The van der Waals surface area contributed by atoms with Crippen molar-refractivity contribution in [1.29, 1.82) is 0 Å². The van der Waals surface area contributed by atoms with Gasteiger partial charge in [-0.3, -0.25) is 14.5 Å². The number of hydrogen-bond acceptors (Lipinski definition) is 5. The number of carboxylic acid groups (broad SMARTS) is 1. The maximum atomic E-state index is 12.2. The van der Waals surface area contributed by atoms with Gasteiger partial charge in [-0.15, -0.1) is 0 Å². The number of aryl methyl sites for hydroxylation is 1. The van der Waals surface area contributed by atoms with E-state index in [0.717, 1.165) is 49.5 Å². The molecule has 2 rings (SSSR count). The fourth-order valence-electron chi connectivity index (χ4n) is 2.85. The molecule has 0 unspecified atom stereocenters. The maximum Gasteiger partial charge on any atom is 0.321 e. The van der Waals surface area contributed by atoms with Crippen molar-refractivity contribution >= 4 is 17.6 Å². The van der Waals surface area contributed by atoms with Crippen LogP contribution in [0.2, 0.25) is 0 Å². The molecule has 25 heavy (non-hydrogen) atoms. The molecule has 1 aromatic rings. The zero-order valence-electron chi connectivity index (χ0n) is 15.0. The van der Waals surface area contributed by atoms with Gasteiger partial charge in [0.2, 0.25) is 5.91 Å². The molecular formula is C18H28N4O3. The van der Waals surface area contributed by atoms with Crippen molar-refractivity contribution in [2.24, 2.45) is 0 Å². The highest BCUT2D eigenvalue weighted by molar-refractivity contribution is 5.94. The molecule has 0 radical (unpaired) electrons. The molecule has 7 heteroatoms. The topological polar surface area (TPSA) is 93.7 Å². The molecule has 4 N–H and O–H groups in total. The zero-order chi connectivity index (χ0) is 18.2. The molecule has 1 fully saturated rings. The fraction of sp³-hybridized carbons (Fsp3) is 0.556. The minimum absolute atomic E-state index is 0.0930. The summed E-state index contributed by atoms with van der Waals surface area (Å²) in [7, 11) is 0. The second kappa shape index (κ2) is 9.50. The van der Waals surface area contributed by atoms with Crippen molar-refractivity contribution < 1.29 is 14.7 Å². The van der Waals surface area contributed by atoms with Gasteiger partial charge in [0, 0.05) is 45.0 Å². The molecule has 1 heterocycles. The number of rotatable bonds is 8. The summed E-state index contributed by atoms with van der Waals surface area (Å²) in [6.45, 7) is 9.09. The number of carbonyl (C=O) groups is 2. The lowest BCUT2D eigenvalue weighted by molar-refractivity contribution is -0.141. The van der Waals surface area contributed by atoms with Gasteiger partial charge in [0.15, 0.2) is 0 Å². The first-order valence-electron chi connectivity index (χ1n) is 8.72. The Kier molecular flexibility index (Phi) is 7.36. The molecule has 1 atom stereocenters. The van der Waals surface area contributed by atoms with E-state index in [1.807, 2.05) is 32.0 Å². The third-order valence-corrected chi connectivity index (χ3v) is 4.59. The van der Waals surface area contributed by atoms with Gasteiger partial charge in [-0.2, -0.15) is 0 Å². The lowest BCUT2D eigenvalue weighted by Crippen LogP contribution is -2.48. The fourth-order valence-corrected chi connectivity index (χ4v) is 2.85. The lowest BCUT2D eigenvalue weighted by Gasteiger charge is -2.27. The molecule has 1 amide bonds. The average molecular weight is 348 g/mol. The van der Waals surface area contributed by atoms with Crippen molar-refractivity contribution in [3.8, 4) is 0 Å². The van der Waals surface area contributed by atoms with Crippen LogP contribution in [-0.4, -0.2) is 67.2 Å². The quantitative estimate of drug-likeness (QED) is 0.549. The Morgan fingerprint density at radius 3 is 2.68 bits per heavy atom. The number of carboxylic acids is 1. The molecule has 1 aromatic carbocycles. The van der Waals surface area contributed by atoms with E-state index in [9.17, 15) is 14.7 Å². The van der Waals surface area contributed by atoms with Crippen LogP contribution in [0, 0.1) is 13.8 Å². The Labute approximate surface area is 148 Å². The van der Waals surface area contributed by atoms with Crippen LogP contribution in [0.25, 0.3) is 0 Å².